The van der Waals surface area contributed by atoms with Gasteiger partial charge in [-0.3, -0.25) is 9.78 Å². The number of aromatic hydroxyl groups is 1. The van der Waals surface area contributed by atoms with E-state index in [2.05, 4.69) is 30.8 Å². The number of halogens is 2. The van der Waals surface area contributed by atoms with E-state index >= 15 is 0 Å². The van der Waals surface area contributed by atoms with Crippen LogP contribution in [0.2, 0.25) is 5.02 Å². The minimum Gasteiger partial charge on any atom is -0.507 e. The molecule has 1 aliphatic heterocycles. The largest absolute Gasteiger partial charge is 0.507 e. The van der Waals surface area contributed by atoms with Gasteiger partial charge in [-0.2, -0.15) is 10.1 Å². The zero-order chi connectivity index (χ0) is 28.8. The Morgan fingerprint density at radius 3 is 2.66 bits per heavy atom. The van der Waals surface area contributed by atoms with E-state index in [0.29, 0.717) is 48.4 Å². The number of nitrogens with zero attached hydrogens (tertiary/aromatic N) is 5. The molecule has 0 radical (unpaired) electrons. The smallest absolute Gasteiger partial charge is 0.245 e. The molecule has 0 amide bonds. The Kier molecular flexibility index (Phi) is 8.66. The minimum atomic E-state index is -0.506. The van der Waals surface area contributed by atoms with Gasteiger partial charge in [-0.05, 0) is 54.4 Å². The lowest BCUT2D eigenvalue weighted by Crippen LogP contribution is -2.37. The highest BCUT2D eigenvalue weighted by molar-refractivity contribution is 6.30. The normalized spacial score (nSPS) is 13.4. The highest BCUT2D eigenvalue weighted by Gasteiger charge is 2.18. The fraction of sp³-hybridized carbons (Fsp3) is 0.207. The number of hydrogen-bond acceptors (Lipinski definition) is 10. The predicted molar refractivity (Wildman–Crippen MR) is 156 cm³/mol. The molecule has 10 nitrogen and oxygen atoms in total. The number of hydrogen-bond donors (Lipinski definition) is 3. The molecule has 1 aliphatic rings. The molecular weight excluding hydrogens is 549 g/mol. The third kappa shape index (κ3) is 7.33. The average Bonchev–Trinajstić information content (AvgIpc) is 2.95. The molecule has 12 heteroatoms. The van der Waals surface area contributed by atoms with Crippen molar-refractivity contribution in [1.82, 2.24) is 15.0 Å². The number of anilines is 4. The first kappa shape index (κ1) is 27.9. The van der Waals surface area contributed by atoms with E-state index in [1.165, 1.54) is 12.3 Å². The molecule has 41 heavy (non-hydrogen) atoms. The summed E-state index contributed by atoms with van der Waals surface area (Å²) in [6.07, 6.45) is 4.32. The fourth-order valence-electron chi connectivity index (χ4n) is 4.33. The quantitative estimate of drug-likeness (QED) is 0.141. The lowest BCUT2D eigenvalue weighted by atomic mass is 10.0. The second-order valence-electron chi connectivity index (χ2n) is 9.40. The number of ether oxygens (including phenoxy) is 1. The van der Waals surface area contributed by atoms with Crippen LogP contribution in [0, 0.1) is 12.7 Å². The number of phenolic OH excluding ortho intramolecular Hbond substituents is 1. The van der Waals surface area contributed by atoms with Gasteiger partial charge in [0.2, 0.25) is 5.95 Å². The maximum absolute atomic E-state index is 14.2. The van der Waals surface area contributed by atoms with Crippen LogP contribution in [-0.4, -0.2) is 58.4 Å². The molecule has 210 valence electrons. The summed E-state index contributed by atoms with van der Waals surface area (Å²) in [4.78, 5) is 27.1. The Bertz CT molecular complexity index is 1560. The number of morpholine rings is 1. The lowest BCUT2D eigenvalue weighted by Gasteiger charge is -2.27. The standard InChI is InChI=1S/C29H27ClFN7O3/c1-18-10-19(12-20(30)11-18)13-26(39)24-5-4-21(14-27(24)40)35-23-3-2-22(32-15-23)16-34-37-29-33-17-25(31)28(36-29)38-6-8-41-9-7-38/h2-5,10-12,14-17,35,40H,6-9,13H2,1H3,(H,33,36,37)/b34-16+. The summed E-state index contributed by atoms with van der Waals surface area (Å²) in [7, 11) is 0. The highest BCUT2D eigenvalue weighted by atomic mass is 35.5. The van der Waals surface area contributed by atoms with Gasteiger partial charge in [0.25, 0.3) is 0 Å². The van der Waals surface area contributed by atoms with Crippen LogP contribution in [-0.2, 0) is 11.2 Å². The van der Waals surface area contributed by atoms with E-state index in [1.54, 1.807) is 41.4 Å². The van der Waals surface area contributed by atoms with Crippen molar-refractivity contribution in [3.05, 3.63) is 94.1 Å². The molecule has 4 aromatic rings. The molecule has 3 N–H and O–H groups in total. The van der Waals surface area contributed by atoms with Gasteiger partial charge in [-0.1, -0.05) is 17.7 Å². The van der Waals surface area contributed by atoms with Crippen LogP contribution in [0.3, 0.4) is 0 Å². The summed E-state index contributed by atoms with van der Waals surface area (Å²) >= 11 is 6.10. The minimum absolute atomic E-state index is 0.124. The van der Waals surface area contributed by atoms with Crippen molar-refractivity contribution in [2.45, 2.75) is 13.3 Å². The topological polar surface area (TPSA) is 125 Å². The summed E-state index contributed by atoms with van der Waals surface area (Å²) in [5.41, 5.74) is 6.49. The van der Waals surface area contributed by atoms with Crippen LogP contribution in [0.25, 0.3) is 0 Å². The van der Waals surface area contributed by atoms with Crippen LogP contribution >= 0.6 is 11.6 Å². The van der Waals surface area contributed by atoms with Gasteiger partial charge < -0.3 is 20.1 Å². The third-order valence-corrected chi connectivity index (χ3v) is 6.46. The van der Waals surface area contributed by atoms with E-state index in [4.69, 9.17) is 16.3 Å². The van der Waals surface area contributed by atoms with Gasteiger partial charge in [0.1, 0.15) is 5.75 Å². The Morgan fingerprint density at radius 1 is 1.12 bits per heavy atom. The first-order valence-electron chi connectivity index (χ1n) is 12.8. The number of rotatable bonds is 9. The summed E-state index contributed by atoms with van der Waals surface area (Å²) in [5.74, 6) is -0.478. The van der Waals surface area contributed by atoms with E-state index in [0.717, 1.165) is 17.3 Å². The van der Waals surface area contributed by atoms with E-state index in [1.807, 2.05) is 19.1 Å². The zero-order valence-electron chi connectivity index (χ0n) is 22.1. The van der Waals surface area contributed by atoms with Crippen molar-refractivity contribution in [3.8, 4) is 5.75 Å². The number of phenols is 1. The highest BCUT2D eigenvalue weighted by Crippen LogP contribution is 2.26. The Hall–Kier alpha value is -4.61. The van der Waals surface area contributed by atoms with Crippen LogP contribution in [0.5, 0.6) is 5.75 Å². The van der Waals surface area contributed by atoms with E-state index in [9.17, 15) is 14.3 Å². The van der Waals surface area contributed by atoms with Gasteiger partial charge in [-0.15, -0.1) is 0 Å². The average molecular weight is 576 g/mol. The molecule has 2 aromatic carbocycles. The first-order valence-corrected chi connectivity index (χ1v) is 13.2. The molecule has 3 heterocycles. The molecule has 0 spiro atoms. The van der Waals surface area contributed by atoms with Gasteiger partial charge in [0, 0.05) is 36.3 Å². The summed E-state index contributed by atoms with van der Waals surface area (Å²) < 4.78 is 19.5. The van der Waals surface area contributed by atoms with Crippen molar-refractivity contribution in [1.29, 1.82) is 0 Å². The number of ketones is 1. The molecule has 0 aliphatic carbocycles. The number of carbonyl (C=O) groups is 1. The van der Waals surface area contributed by atoms with Gasteiger partial charge in [-0.25, -0.2) is 14.8 Å². The van der Waals surface area contributed by atoms with Crippen molar-refractivity contribution in [3.63, 3.8) is 0 Å². The molecule has 5 rings (SSSR count). The molecule has 0 unspecified atom stereocenters. The van der Waals surface area contributed by atoms with Crippen LogP contribution in [0.15, 0.2) is 66.0 Å². The Morgan fingerprint density at radius 2 is 1.93 bits per heavy atom. The summed E-state index contributed by atoms with van der Waals surface area (Å²) in [6.45, 7) is 4.03. The van der Waals surface area contributed by atoms with Crippen LogP contribution < -0.4 is 15.6 Å². The number of aryl methyl sites for hydroxylation is 1. The van der Waals surface area contributed by atoms with Crippen molar-refractivity contribution < 1.29 is 19.0 Å². The Labute approximate surface area is 240 Å². The van der Waals surface area contributed by atoms with Gasteiger partial charge in [0.15, 0.2) is 17.4 Å². The molecule has 2 aromatic heterocycles. The first-order chi connectivity index (χ1) is 19.8. The SMILES string of the molecule is Cc1cc(Cl)cc(CC(=O)c2ccc(Nc3ccc(/C=N/Nc4ncc(F)c(N5CCOCC5)n4)nc3)cc2O)c1. The lowest BCUT2D eigenvalue weighted by molar-refractivity contribution is 0.0990. The van der Waals surface area contributed by atoms with Gasteiger partial charge >= 0.3 is 0 Å². The number of aromatic nitrogens is 3. The molecule has 1 saturated heterocycles. The summed E-state index contributed by atoms with van der Waals surface area (Å²) in [6, 6.07) is 13.8. The number of hydrazone groups is 1. The van der Waals surface area contributed by atoms with Crippen LogP contribution in [0.1, 0.15) is 27.2 Å². The number of nitrogens with one attached hydrogen (secondary N) is 2. The number of Topliss-reactive ketones (excluding diaryl/α,β-unsaturated/α-hetero) is 1. The Balaban J connectivity index is 1.17. The molecule has 1 fully saturated rings. The maximum Gasteiger partial charge on any atom is 0.245 e. The number of pyridine rings is 1. The van der Waals surface area contributed by atoms with Crippen LogP contribution in [0.4, 0.5) is 27.5 Å². The number of benzene rings is 2. The van der Waals surface area contributed by atoms with E-state index in [-0.39, 0.29) is 35.3 Å². The van der Waals surface area contributed by atoms with E-state index < -0.39 is 5.82 Å². The van der Waals surface area contributed by atoms with Crippen molar-refractivity contribution >= 4 is 46.7 Å². The third-order valence-electron chi connectivity index (χ3n) is 6.24. The fourth-order valence-corrected chi connectivity index (χ4v) is 4.64. The molecule has 0 saturated carbocycles. The predicted octanol–water partition coefficient (Wildman–Crippen LogP) is 5.13. The number of carbonyl (C=O) groups excluding carboxylic acids is 1. The summed E-state index contributed by atoms with van der Waals surface area (Å²) in [5, 5.41) is 18.3. The molecule has 0 atom stereocenters. The second kappa shape index (κ2) is 12.7. The maximum atomic E-state index is 14.2. The molecular formula is C29H27ClFN7O3. The van der Waals surface area contributed by atoms with Crippen molar-refractivity contribution in [2.75, 3.05) is 41.9 Å². The van der Waals surface area contributed by atoms with Crippen molar-refractivity contribution in [2.24, 2.45) is 5.10 Å². The molecule has 0 bridgehead atoms. The van der Waals surface area contributed by atoms with Gasteiger partial charge in [0.05, 0.1) is 48.8 Å². The zero-order valence-corrected chi connectivity index (χ0v) is 22.9. The monoisotopic (exact) mass is 575 g/mol. The second-order valence-corrected chi connectivity index (χ2v) is 9.84.